The summed E-state index contributed by atoms with van der Waals surface area (Å²) in [6.07, 6.45) is 1.33. The minimum absolute atomic E-state index is 0.0433. The molecule has 0 unspecified atom stereocenters. The highest BCUT2D eigenvalue weighted by Gasteiger charge is 2.22. The van der Waals surface area contributed by atoms with Crippen molar-refractivity contribution in [3.8, 4) is 0 Å². The van der Waals surface area contributed by atoms with E-state index in [1.165, 1.54) is 67.7 Å². The number of sulfonamides is 1. The van der Waals surface area contributed by atoms with Crippen molar-refractivity contribution in [2.24, 2.45) is 0 Å². The van der Waals surface area contributed by atoms with Crippen molar-refractivity contribution in [3.05, 3.63) is 95.6 Å². The normalized spacial score (nSPS) is 11.2. The summed E-state index contributed by atoms with van der Waals surface area (Å²) in [4.78, 5) is 12.4. The third kappa shape index (κ3) is 5.67. The summed E-state index contributed by atoms with van der Waals surface area (Å²) < 4.78 is 52.9. The highest BCUT2D eigenvalue weighted by molar-refractivity contribution is 7.92. The Labute approximate surface area is 180 Å². The summed E-state index contributed by atoms with van der Waals surface area (Å²) >= 11 is 0. The second-order valence-corrected chi connectivity index (χ2v) is 8.93. The average Bonchev–Trinajstić information content (AvgIpc) is 2.78. The van der Waals surface area contributed by atoms with Crippen LogP contribution < -0.4 is 9.62 Å². The van der Waals surface area contributed by atoms with Gasteiger partial charge in [-0.05, 0) is 73.0 Å². The Morgan fingerprint density at radius 1 is 0.935 bits per heavy atom. The van der Waals surface area contributed by atoms with Gasteiger partial charge in [-0.25, -0.2) is 17.2 Å². The molecule has 8 heteroatoms. The van der Waals surface area contributed by atoms with Crippen LogP contribution in [0.5, 0.6) is 0 Å². The number of amides is 1. The molecular formula is C23H22F2N2O3S. The van der Waals surface area contributed by atoms with Crippen molar-refractivity contribution in [2.75, 3.05) is 17.9 Å². The number of aryl methyl sites for hydroxylation is 1. The lowest BCUT2D eigenvalue weighted by Gasteiger charge is -2.19. The molecule has 3 aromatic rings. The Bertz CT molecular complexity index is 1150. The molecule has 0 aromatic heterocycles. The van der Waals surface area contributed by atoms with Crippen LogP contribution in [0, 0.1) is 11.6 Å². The average molecular weight is 445 g/mol. The molecule has 3 rings (SSSR count). The summed E-state index contributed by atoms with van der Waals surface area (Å²) in [5.41, 5.74) is 1.49. The zero-order valence-corrected chi connectivity index (χ0v) is 17.7. The molecule has 0 bridgehead atoms. The fourth-order valence-electron chi connectivity index (χ4n) is 2.99. The molecule has 0 saturated heterocycles. The number of carbonyl (C=O) groups is 1. The maximum Gasteiger partial charge on any atom is 0.264 e. The molecule has 0 fully saturated rings. The van der Waals surface area contributed by atoms with E-state index in [0.717, 1.165) is 9.87 Å². The van der Waals surface area contributed by atoms with Crippen molar-refractivity contribution in [1.82, 2.24) is 5.32 Å². The largest absolute Gasteiger partial charge is 0.352 e. The predicted molar refractivity (Wildman–Crippen MR) is 115 cm³/mol. The van der Waals surface area contributed by atoms with Gasteiger partial charge in [-0.15, -0.1) is 0 Å². The molecule has 0 heterocycles. The monoisotopic (exact) mass is 444 g/mol. The van der Waals surface area contributed by atoms with Crippen molar-refractivity contribution >= 4 is 21.6 Å². The Kier molecular flexibility index (Phi) is 7.02. The highest BCUT2D eigenvalue weighted by Crippen LogP contribution is 2.23. The molecular weight excluding hydrogens is 422 g/mol. The van der Waals surface area contributed by atoms with E-state index < -0.39 is 15.8 Å². The Balaban J connectivity index is 1.63. The fourth-order valence-corrected chi connectivity index (χ4v) is 4.24. The second-order valence-electron chi connectivity index (χ2n) is 6.96. The van der Waals surface area contributed by atoms with Gasteiger partial charge in [-0.1, -0.05) is 18.2 Å². The zero-order valence-electron chi connectivity index (χ0n) is 16.9. The smallest absolute Gasteiger partial charge is 0.264 e. The lowest BCUT2D eigenvalue weighted by atomic mass is 10.1. The number of rotatable bonds is 8. The molecule has 162 valence electrons. The first-order chi connectivity index (χ1) is 14.8. The number of halogens is 2. The molecule has 0 aliphatic heterocycles. The summed E-state index contributed by atoms with van der Waals surface area (Å²) in [7, 11) is -2.56. The van der Waals surface area contributed by atoms with Gasteiger partial charge in [-0.3, -0.25) is 9.10 Å². The lowest BCUT2D eigenvalue weighted by Crippen LogP contribution is -2.28. The number of nitrogens with zero attached hydrogens (tertiary/aromatic N) is 1. The van der Waals surface area contributed by atoms with Gasteiger partial charge >= 0.3 is 0 Å². The summed E-state index contributed by atoms with van der Waals surface area (Å²) in [5.74, 6) is -1.15. The lowest BCUT2D eigenvalue weighted by molar-refractivity contribution is 0.0953. The first kappa shape index (κ1) is 22.4. The van der Waals surface area contributed by atoms with Gasteiger partial charge < -0.3 is 5.32 Å². The number of carbonyl (C=O) groups excluding carboxylic acids is 1. The maximum absolute atomic E-state index is 13.1. The van der Waals surface area contributed by atoms with Crippen LogP contribution in [0.4, 0.5) is 14.5 Å². The van der Waals surface area contributed by atoms with E-state index in [9.17, 15) is 22.0 Å². The van der Waals surface area contributed by atoms with Crippen LogP contribution in [-0.2, 0) is 16.4 Å². The minimum Gasteiger partial charge on any atom is -0.352 e. The van der Waals surface area contributed by atoms with Crippen LogP contribution in [0.15, 0.2) is 77.7 Å². The van der Waals surface area contributed by atoms with E-state index in [0.29, 0.717) is 25.1 Å². The van der Waals surface area contributed by atoms with Gasteiger partial charge in [-0.2, -0.15) is 0 Å². The number of nitrogens with one attached hydrogen (secondary N) is 1. The maximum atomic E-state index is 13.1. The highest BCUT2D eigenvalue weighted by atomic mass is 32.2. The molecule has 0 aliphatic rings. The number of anilines is 1. The molecule has 0 aliphatic carbocycles. The molecule has 0 spiro atoms. The van der Waals surface area contributed by atoms with E-state index >= 15 is 0 Å². The minimum atomic E-state index is -3.93. The third-order valence-electron chi connectivity index (χ3n) is 4.79. The molecule has 0 atom stereocenters. The predicted octanol–water partition coefficient (Wildman–Crippen LogP) is 4.15. The van der Waals surface area contributed by atoms with Crippen molar-refractivity contribution in [3.63, 3.8) is 0 Å². The molecule has 0 radical (unpaired) electrons. The van der Waals surface area contributed by atoms with Gasteiger partial charge in [0.15, 0.2) is 0 Å². The Morgan fingerprint density at radius 2 is 1.55 bits per heavy atom. The van der Waals surface area contributed by atoms with Crippen LogP contribution >= 0.6 is 0 Å². The molecule has 1 amide bonds. The summed E-state index contributed by atoms with van der Waals surface area (Å²) in [6, 6.07) is 17.0. The quantitative estimate of drug-likeness (QED) is 0.531. The first-order valence-corrected chi connectivity index (χ1v) is 11.1. The van der Waals surface area contributed by atoms with Gasteiger partial charge in [0.1, 0.15) is 11.6 Å². The topological polar surface area (TPSA) is 66.5 Å². The SMILES string of the molecule is CN(c1ccc(F)cc1)S(=O)(=O)c1cccc(C(=O)NCCCc2ccc(F)cc2)c1. The van der Waals surface area contributed by atoms with Crippen molar-refractivity contribution in [2.45, 2.75) is 17.7 Å². The van der Waals surface area contributed by atoms with Crippen molar-refractivity contribution < 1.29 is 22.0 Å². The first-order valence-electron chi connectivity index (χ1n) is 9.64. The molecule has 31 heavy (non-hydrogen) atoms. The zero-order chi connectivity index (χ0) is 22.4. The summed E-state index contributed by atoms with van der Waals surface area (Å²) in [6.45, 7) is 0.392. The Hall–Kier alpha value is -3.26. The second kappa shape index (κ2) is 9.70. The standard InChI is InChI=1S/C23H22F2N2O3S/c1-27(21-13-11-20(25)12-14-21)31(29,30)22-6-2-5-18(16-22)23(28)26-15-3-4-17-7-9-19(24)10-8-17/h2,5-14,16H,3-4,15H2,1H3,(H,26,28). The van der Waals surface area contributed by atoms with Gasteiger partial charge in [0.05, 0.1) is 10.6 Å². The van der Waals surface area contributed by atoms with Crippen LogP contribution in [0.3, 0.4) is 0 Å². The van der Waals surface area contributed by atoms with Gasteiger partial charge in [0.2, 0.25) is 0 Å². The molecule has 3 aromatic carbocycles. The van der Waals surface area contributed by atoms with Crippen LogP contribution in [0.2, 0.25) is 0 Å². The van der Waals surface area contributed by atoms with E-state index in [1.54, 1.807) is 12.1 Å². The molecule has 0 saturated carbocycles. The van der Waals surface area contributed by atoms with Gasteiger partial charge in [0.25, 0.3) is 15.9 Å². The van der Waals surface area contributed by atoms with E-state index in [1.807, 2.05) is 0 Å². The third-order valence-corrected chi connectivity index (χ3v) is 6.57. The van der Waals surface area contributed by atoms with E-state index in [4.69, 9.17) is 0 Å². The summed E-state index contributed by atoms with van der Waals surface area (Å²) in [5, 5.41) is 2.76. The number of hydrogen-bond acceptors (Lipinski definition) is 3. The van der Waals surface area contributed by atoms with Crippen LogP contribution in [0.25, 0.3) is 0 Å². The van der Waals surface area contributed by atoms with E-state index in [2.05, 4.69) is 5.32 Å². The molecule has 1 N–H and O–H groups in total. The Morgan fingerprint density at radius 3 is 2.19 bits per heavy atom. The molecule has 5 nitrogen and oxygen atoms in total. The van der Waals surface area contributed by atoms with E-state index in [-0.39, 0.29) is 22.2 Å². The number of hydrogen-bond donors (Lipinski definition) is 1. The van der Waals surface area contributed by atoms with Crippen molar-refractivity contribution in [1.29, 1.82) is 0 Å². The van der Waals surface area contributed by atoms with Crippen LogP contribution in [-0.4, -0.2) is 27.9 Å². The van der Waals surface area contributed by atoms with Crippen LogP contribution in [0.1, 0.15) is 22.3 Å². The van der Waals surface area contributed by atoms with Gasteiger partial charge in [0, 0.05) is 19.2 Å². The fraction of sp³-hybridized carbons (Fsp3) is 0.174. The number of benzene rings is 3.